The third-order valence-corrected chi connectivity index (χ3v) is 6.97. The van der Waals surface area contributed by atoms with Crippen molar-refractivity contribution in [3.8, 4) is 22.8 Å². The highest BCUT2D eigenvalue weighted by atomic mass is 79.9. The van der Waals surface area contributed by atoms with Gasteiger partial charge in [0.15, 0.2) is 5.78 Å². The molecule has 0 spiro atoms. The molecule has 0 atom stereocenters. The molecule has 8 nitrogen and oxygen atoms in total. The molecule has 3 heterocycles. The number of phenolic OH excluding ortho intramolecular Hbond substituents is 1. The van der Waals surface area contributed by atoms with Crippen LogP contribution in [0.5, 0.6) is 5.75 Å². The number of halogens is 1. The second kappa shape index (κ2) is 12.7. The van der Waals surface area contributed by atoms with E-state index in [-0.39, 0.29) is 11.5 Å². The fourth-order valence-corrected chi connectivity index (χ4v) is 4.87. The van der Waals surface area contributed by atoms with Gasteiger partial charge in [0.1, 0.15) is 18.4 Å². The average Bonchev–Trinajstić information content (AvgIpc) is 3.78. The van der Waals surface area contributed by atoms with Crippen LogP contribution in [0.4, 0.5) is 0 Å². The number of carbonyl (C=O) groups excluding carboxylic acids is 1. The minimum Gasteiger partial charge on any atom is -0.508 e. The SMILES string of the molecule is CC.CC(=O)c1ccc2c(c1)ncn2-c1cccc(-n2ccnc2)c1.Oc1ccc2c(c1)ncn2-c1cccc(Br)c1. The molecule has 7 rings (SSSR count). The minimum absolute atomic E-state index is 0.0450. The smallest absolute Gasteiger partial charge is 0.159 e. The second-order valence-electron chi connectivity index (χ2n) is 9.13. The number of carbonyl (C=O) groups is 1. The highest BCUT2D eigenvalue weighted by Crippen LogP contribution is 2.24. The molecule has 0 aliphatic heterocycles. The van der Waals surface area contributed by atoms with Gasteiger partial charge in [0, 0.05) is 45.6 Å². The summed E-state index contributed by atoms with van der Waals surface area (Å²) in [6, 6.07) is 26.9. The molecule has 0 aliphatic carbocycles. The summed E-state index contributed by atoms with van der Waals surface area (Å²) in [6.07, 6.45) is 8.96. The maximum absolute atomic E-state index is 11.5. The molecule has 7 aromatic rings. The Bertz CT molecular complexity index is 1970. The molecule has 0 radical (unpaired) electrons. The van der Waals surface area contributed by atoms with Crippen molar-refractivity contribution in [3.63, 3.8) is 0 Å². The number of fused-ring (bicyclic) bond motifs is 2. The van der Waals surface area contributed by atoms with Gasteiger partial charge in [0.2, 0.25) is 0 Å². The minimum atomic E-state index is 0.0450. The van der Waals surface area contributed by atoms with Crippen LogP contribution in [0, 0.1) is 0 Å². The fraction of sp³-hybridized carbons (Fsp3) is 0.0909. The van der Waals surface area contributed by atoms with Crippen LogP contribution in [-0.2, 0) is 0 Å². The summed E-state index contributed by atoms with van der Waals surface area (Å²) >= 11 is 3.45. The lowest BCUT2D eigenvalue weighted by atomic mass is 10.1. The van der Waals surface area contributed by atoms with Gasteiger partial charge in [-0.05, 0) is 73.7 Å². The third kappa shape index (κ3) is 6.01. The number of hydrogen-bond acceptors (Lipinski definition) is 5. The van der Waals surface area contributed by atoms with E-state index in [2.05, 4.69) is 36.9 Å². The molecule has 0 saturated carbocycles. The van der Waals surface area contributed by atoms with Crippen molar-refractivity contribution in [3.05, 3.63) is 126 Å². The van der Waals surface area contributed by atoms with Crippen molar-refractivity contribution in [2.45, 2.75) is 20.8 Å². The van der Waals surface area contributed by atoms with Crippen LogP contribution < -0.4 is 0 Å². The van der Waals surface area contributed by atoms with Crippen LogP contribution in [0.2, 0.25) is 0 Å². The maximum atomic E-state index is 11.5. The van der Waals surface area contributed by atoms with Crippen molar-refractivity contribution in [2.24, 2.45) is 0 Å². The van der Waals surface area contributed by atoms with E-state index in [1.54, 1.807) is 44.2 Å². The number of hydrogen-bond donors (Lipinski definition) is 1. The highest BCUT2D eigenvalue weighted by Gasteiger charge is 2.09. The molecule has 0 fully saturated rings. The molecule has 42 heavy (non-hydrogen) atoms. The number of ketones is 1. The molecular formula is C33H29BrN6O2. The number of phenols is 1. The van der Waals surface area contributed by atoms with Gasteiger partial charge in [0.25, 0.3) is 0 Å². The lowest BCUT2D eigenvalue weighted by Gasteiger charge is -2.08. The predicted molar refractivity (Wildman–Crippen MR) is 170 cm³/mol. The van der Waals surface area contributed by atoms with Crippen LogP contribution in [-0.4, -0.2) is 39.5 Å². The van der Waals surface area contributed by atoms with Gasteiger partial charge in [0.05, 0.1) is 28.4 Å². The molecule has 0 aliphatic rings. The number of benzene rings is 4. The summed E-state index contributed by atoms with van der Waals surface area (Å²) in [6.45, 7) is 5.56. The molecule has 0 amide bonds. The largest absolute Gasteiger partial charge is 0.508 e. The Hall–Kier alpha value is -5.02. The number of aromatic hydroxyl groups is 1. The van der Waals surface area contributed by atoms with Gasteiger partial charge in [-0.25, -0.2) is 15.0 Å². The maximum Gasteiger partial charge on any atom is 0.159 e. The van der Waals surface area contributed by atoms with E-state index in [1.165, 1.54) is 0 Å². The molecule has 0 saturated heterocycles. The van der Waals surface area contributed by atoms with Crippen molar-refractivity contribution >= 4 is 43.8 Å². The van der Waals surface area contributed by atoms with E-state index in [0.717, 1.165) is 43.6 Å². The van der Waals surface area contributed by atoms with Crippen molar-refractivity contribution < 1.29 is 9.90 Å². The molecule has 0 unspecified atom stereocenters. The Morgan fingerprint density at radius 1 is 0.738 bits per heavy atom. The van der Waals surface area contributed by atoms with Crippen LogP contribution >= 0.6 is 15.9 Å². The number of Topliss-reactive ketones (excluding diaryl/α,β-unsaturated/α-hetero) is 1. The average molecular weight is 622 g/mol. The van der Waals surface area contributed by atoms with Crippen molar-refractivity contribution in [1.82, 2.24) is 28.7 Å². The van der Waals surface area contributed by atoms with E-state index in [9.17, 15) is 9.90 Å². The Balaban J connectivity index is 0.000000165. The van der Waals surface area contributed by atoms with Crippen LogP contribution in [0.25, 0.3) is 39.1 Å². The summed E-state index contributed by atoms with van der Waals surface area (Å²) < 4.78 is 6.98. The summed E-state index contributed by atoms with van der Waals surface area (Å²) in [5.41, 5.74) is 7.29. The van der Waals surface area contributed by atoms with E-state index in [1.807, 2.05) is 100 Å². The third-order valence-electron chi connectivity index (χ3n) is 6.48. The molecule has 1 N–H and O–H groups in total. The van der Waals surface area contributed by atoms with Gasteiger partial charge in [-0.3, -0.25) is 13.9 Å². The monoisotopic (exact) mass is 620 g/mol. The summed E-state index contributed by atoms with van der Waals surface area (Å²) in [7, 11) is 0. The fourth-order valence-electron chi connectivity index (χ4n) is 4.49. The number of imidazole rings is 3. The standard InChI is InChI=1S/C18H14N4O.C13H9BrN2O.C2H6/c1-13(23)14-5-6-18-17(9-14)20-12-22(18)16-4-2-3-15(10-16)21-8-7-19-11-21;14-9-2-1-3-10(6-9)16-8-15-12-7-11(17)4-5-13(12)16;1-2/h2-12H,1H3;1-8,17H;1-2H3. The normalized spacial score (nSPS) is 10.6. The molecule has 3 aromatic heterocycles. The summed E-state index contributed by atoms with van der Waals surface area (Å²) in [5, 5.41) is 9.40. The van der Waals surface area contributed by atoms with Crippen LogP contribution in [0.15, 0.2) is 121 Å². The van der Waals surface area contributed by atoms with Crippen molar-refractivity contribution in [1.29, 1.82) is 0 Å². The topological polar surface area (TPSA) is 90.8 Å². The van der Waals surface area contributed by atoms with Gasteiger partial charge in [-0.2, -0.15) is 0 Å². The van der Waals surface area contributed by atoms with E-state index < -0.39 is 0 Å². The second-order valence-corrected chi connectivity index (χ2v) is 10.0. The zero-order valence-corrected chi connectivity index (χ0v) is 25.0. The Morgan fingerprint density at radius 2 is 1.36 bits per heavy atom. The van der Waals surface area contributed by atoms with Gasteiger partial charge in [-0.15, -0.1) is 0 Å². The summed E-state index contributed by atoms with van der Waals surface area (Å²) in [5.74, 6) is 0.278. The quantitative estimate of drug-likeness (QED) is 0.202. The van der Waals surface area contributed by atoms with Crippen LogP contribution in [0.3, 0.4) is 0 Å². The number of rotatable bonds is 4. The lowest BCUT2D eigenvalue weighted by molar-refractivity contribution is 0.101. The van der Waals surface area contributed by atoms with Crippen molar-refractivity contribution in [2.75, 3.05) is 0 Å². The number of aromatic nitrogens is 6. The van der Waals surface area contributed by atoms with E-state index >= 15 is 0 Å². The first kappa shape index (κ1) is 28.5. The molecule has 210 valence electrons. The first-order chi connectivity index (χ1) is 20.5. The van der Waals surface area contributed by atoms with Gasteiger partial charge >= 0.3 is 0 Å². The molecular weight excluding hydrogens is 592 g/mol. The Labute approximate surface area is 251 Å². The van der Waals surface area contributed by atoms with Crippen LogP contribution in [0.1, 0.15) is 31.1 Å². The molecule has 4 aromatic carbocycles. The van der Waals surface area contributed by atoms with Gasteiger partial charge < -0.3 is 9.67 Å². The summed E-state index contributed by atoms with van der Waals surface area (Å²) in [4.78, 5) is 24.3. The molecule has 0 bridgehead atoms. The van der Waals surface area contributed by atoms with E-state index in [4.69, 9.17) is 0 Å². The molecule has 9 heteroatoms. The Morgan fingerprint density at radius 3 is 2.00 bits per heavy atom. The zero-order valence-electron chi connectivity index (χ0n) is 23.4. The van der Waals surface area contributed by atoms with Gasteiger partial charge in [-0.1, -0.05) is 41.9 Å². The Kier molecular flexibility index (Phi) is 8.59. The first-order valence-corrected chi connectivity index (χ1v) is 14.2. The zero-order chi connectivity index (χ0) is 29.6. The lowest BCUT2D eigenvalue weighted by Crippen LogP contribution is -1.96. The van der Waals surface area contributed by atoms with E-state index in [0.29, 0.717) is 5.56 Å². The first-order valence-electron chi connectivity index (χ1n) is 13.4. The predicted octanol–water partition coefficient (Wildman–Crippen LogP) is 7.93. The number of nitrogens with zero attached hydrogens (tertiary/aromatic N) is 6. The highest BCUT2D eigenvalue weighted by molar-refractivity contribution is 9.10.